The second kappa shape index (κ2) is 5.00. The minimum atomic E-state index is -0.201. The first kappa shape index (κ1) is 11.0. The molecule has 1 heterocycles. The lowest BCUT2D eigenvalue weighted by Gasteiger charge is -2.09. The second-order valence-electron chi connectivity index (χ2n) is 3.75. The van der Waals surface area contributed by atoms with Crippen molar-refractivity contribution in [3.05, 3.63) is 29.6 Å². The van der Waals surface area contributed by atoms with Crippen LogP contribution in [-0.4, -0.2) is 19.2 Å². The third-order valence-corrected chi connectivity index (χ3v) is 2.53. The minimum Gasteiger partial charge on any atom is -0.488 e. The molecular weight excluding hydrogens is 205 g/mol. The van der Waals surface area contributed by atoms with E-state index < -0.39 is 0 Å². The predicted molar refractivity (Wildman–Crippen MR) is 60.8 cm³/mol. The largest absolute Gasteiger partial charge is 0.488 e. The van der Waals surface area contributed by atoms with Gasteiger partial charge in [-0.2, -0.15) is 0 Å². The molecule has 84 valence electrons. The maximum absolute atomic E-state index is 13.0. The van der Waals surface area contributed by atoms with E-state index in [0.717, 1.165) is 24.3 Å². The van der Waals surface area contributed by atoms with E-state index in [2.05, 4.69) is 17.2 Å². The summed E-state index contributed by atoms with van der Waals surface area (Å²) >= 11 is 0. The van der Waals surface area contributed by atoms with Gasteiger partial charge in [-0.3, -0.25) is 0 Å². The van der Waals surface area contributed by atoms with Gasteiger partial charge in [0.25, 0.3) is 0 Å². The lowest BCUT2D eigenvalue weighted by Crippen LogP contribution is -2.30. The number of fused-ring (bicyclic) bond motifs is 1. The van der Waals surface area contributed by atoms with Gasteiger partial charge < -0.3 is 10.1 Å². The summed E-state index contributed by atoms with van der Waals surface area (Å²) in [6.07, 6.45) is 0.857. The Morgan fingerprint density at radius 1 is 1.56 bits per heavy atom. The highest BCUT2D eigenvalue weighted by molar-refractivity contribution is 5.37. The van der Waals surface area contributed by atoms with E-state index in [0.29, 0.717) is 6.54 Å². The first-order chi connectivity index (χ1) is 7.79. The Balaban J connectivity index is 1.87. The fourth-order valence-corrected chi connectivity index (χ4v) is 1.79. The molecule has 0 amide bonds. The summed E-state index contributed by atoms with van der Waals surface area (Å²) in [6.45, 7) is 3.22. The van der Waals surface area contributed by atoms with E-state index in [1.54, 1.807) is 12.1 Å². The molecule has 1 N–H and O–H groups in total. The molecule has 1 aromatic carbocycles. The van der Waals surface area contributed by atoms with Gasteiger partial charge in [-0.1, -0.05) is 5.92 Å². The van der Waals surface area contributed by atoms with Crippen LogP contribution in [0.1, 0.15) is 12.5 Å². The summed E-state index contributed by atoms with van der Waals surface area (Å²) in [5, 5.41) is 3.19. The summed E-state index contributed by atoms with van der Waals surface area (Å²) in [7, 11) is 0. The van der Waals surface area contributed by atoms with Gasteiger partial charge in [0.1, 0.15) is 17.7 Å². The van der Waals surface area contributed by atoms with E-state index >= 15 is 0 Å². The zero-order chi connectivity index (χ0) is 11.4. The standard InChI is InChI=1S/C13H14FNO/c1-2-3-6-15-9-12-8-10-7-11(14)4-5-13(10)16-12/h4-5,7,12,15H,6,8-9H2,1H3. The van der Waals surface area contributed by atoms with Crippen molar-refractivity contribution in [1.82, 2.24) is 5.32 Å². The van der Waals surface area contributed by atoms with Gasteiger partial charge in [0, 0.05) is 18.5 Å². The molecule has 2 nitrogen and oxygen atoms in total. The fourth-order valence-electron chi connectivity index (χ4n) is 1.79. The van der Waals surface area contributed by atoms with Crippen LogP contribution in [-0.2, 0) is 6.42 Å². The Kier molecular flexibility index (Phi) is 3.43. The predicted octanol–water partition coefficient (Wildman–Crippen LogP) is 1.74. The summed E-state index contributed by atoms with van der Waals surface area (Å²) in [4.78, 5) is 0. The number of benzene rings is 1. The molecule has 0 saturated carbocycles. The number of nitrogens with one attached hydrogen (secondary N) is 1. The molecule has 0 aromatic heterocycles. The average Bonchev–Trinajstić information content (AvgIpc) is 2.66. The van der Waals surface area contributed by atoms with Gasteiger partial charge in [-0.05, 0) is 25.1 Å². The van der Waals surface area contributed by atoms with Crippen molar-refractivity contribution in [2.75, 3.05) is 13.1 Å². The molecule has 1 aliphatic rings. The SMILES string of the molecule is CC#CCNCC1Cc2cc(F)ccc2O1. The van der Waals surface area contributed by atoms with Crippen LogP contribution in [0, 0.1) is 17.7 Å². The van der Waals surface area contributed by atoms with Crippen LogP contribution >= 0.6 is 0 Å². The monoisotopic (exact) mass is 219 g/mol. The number of halogens is 1. The van der Waals surface area contributed by atoms with E-state index in [1.807, 2.05) is 6.92 Å². The second-order valence-corrected chi connectivity index (χ2v) is 3.75. The Hall–Kier alpha value is -1.53. The van der Waals surface area contributed by atoms with E-state index in [9.17, 15) is 4.39 Å². The average molecular weight is 219 g/mol. The molecular formula is C13H14FNO. The Labute approximate surface area is 94.8 Å². The fraction of sp³-hybridized carbons (Fsp3) is 0.385. The van der Waals surface area contributed by atoms with Gasteiger partial charge in [0.05, 0.1) is 6.54 Å². The Bertz CT molecular complexity index is 433. The van der Waals surface area contributed by atoms with Crippen molar-refractivity contribution in [3.8, 4) is 17.6 Å². The number of hydrogen-bond donors (Lipinski definition) is 1. The molecule has 2 rings (SSSR count). The van der Waals surface area contributed by atoms with E-state index in [-0.39, 0.29) is 11.9 Å². The molecule has 0 fully saturated rings. The summed E-state index contributed by atoms with van der Waals surface area (Å²) in [6, 6.07) is 4.66. The van der Waals surface area contributed by atoms with Crippen molar-refractivity contribution < 1.29 is 9.13 Å². The molecule has 0 saturated heterocycles. The highest BCUT2D eigenvalue weighted by Crippen LogP contribution is 2.28. The van der Waals surface area contributed by atoms with Gasteiger partial charge in [0.2, 0.25) is 0 Å². The maximum atomic E-state index is 13.0. The van der Waals surface area contributed by atoms with Gasteiger partial charge in [-0.25, -0.2) is 4.39 Å². The first-order valence-electron chi connectivity index (χ1n) is 5.35. The van der Waals surface area contributed by atoms with Crippen molar-refractivity contribution in [2.24, 2.45) is 0 Å². The third-order valence-electron chi connectivity index (χ3n) is 2.53. The number of hydrogen-bond acceptors (Lipinski definition) is 2. The first-order valence-corrected chi connectivity index (χ1v) is 5.35. The van der Waals surface area contributed by atoms with Crippen molar-refractivity contribution >= 4 is 0 Å². The molecule has 1 atom stereocenters. The number of ether oxygens (including phenoxy) is 1. The van der Waals surface area contributed by atoms with E-state index in [4.69, 9.17) is 4.74 Å². The molecule has 0 radical (unpaired) electrons. The normalized spacial score (nSPS) is 17.2. The van der Waals surface area contributed by atoms with Crippen molar-refractivity contribution in [2.45, 2.75) is 19.4 Å². The van der Waals surface area contributed by atoms with Crippen LogP contribution in [0.4, 0.5) is 4.39 Å². The molecule has 0 spiro atoms. The Morgan fingerprint density at radius 3 is 3.25 bits per heavy atom. The minimum absolute atomic E-state index is 0.0930. The van der Waals surface area contributed by atoms with Crippen molar-refractivity contribution in [3.63, 3.8) is 0 Å². The molecule has 1 unspecified atom stereocenters. The molecule has 0 bridgehead atoms. The van der Waals surface area contributed by atoms with Crippen LogP contribution in [0.25, 0.3) is 0 Å². The third kappa shape index (κ3) is 2.53. The van der Waals surface area contributed by atoms with Crippen LogP contribution in [0.3, 0.4) is 0 Å². The lowest BCUT2D eigenvalue weighted by atomic mass is 10.1. The van der Waals surface area contributed by atoms with Crippen LogP contribution < -0.4 is 10.1 Å². The lowest BCUT2D eigenvalue weighted by molar-refractivity contribution is 0.230. The molecule has 16 heavy (non-hydrogen) atoms. The zero-order valence-corrected chi connectivity index (χ0v) is 9.22. The maximum Gasteiger partial charge on any atom is 0.123 e. The zero-order valence-electron chi connectivity index (χ0n) is 9.22. The molecule has 1 aliphatic heterocycles. The summed E-state index contributed by atoms with van der Waals surface area (Å²) < 4.78 is 18.6. The van der Waals surface area contributed by atoms with Crippen molar-refractivity contribution in [1.29, 1.82) is 0 Å². The summed E-state index contributed by atoms with van der Waals surface area (Å²) in [5.74, 6) is 6.34. The Morgan fingerprint density at radius 2 is 2.44 bits per heavy atom. The van der Waals surface area contributed by atoms with Crippen LogP contribution in [0.15, 0.2) is 18.2 Å². The van der Waals surface area contributed by atoms with Crippen LogP contribution in [0.2, 0.25) is 0 Å². The highest BCUT2D eigenvalue weighted by Gasteiger charge is 2.22. The van der Waals surface area contributed by atoms with Gasteiger partial charge >= 0.3 is 0 Å². The van der Waals surface area contributed by atoms with Gasteiger partial charge in [0.15, 0.2) is 0 Å². The quantitative estimate of drug-likeness (QED) is 0.617. The topological polar surface area (TPSA) is 21.3 Å². The molecule has 1 aromatic rings. The molecule has 0 aliphatic carbocycles. The summed E-state index contributed by atoms with van der Waals surface area (Å²) in [5.41, 5.74) is 0.952. The smallest absolute Gasteiger partial charge is 0.123 e. The molecule has 3 heteroatoms. The van der Waals surface area contributed by atoms with Gasteiger partial charge in [-0.15, -0.1) is 5.92 Å². The van der Waals surface area contributed by atoms with Crippen LogP contribution in [0.5, 0.6) is 5.75 Å². The highest BCUT2D eigenvalue weighted by atomic mass is 19.1. The number of rotatable bonds is 3. The van der Waals surface area contributed by atoms with E-state index in [1.165, 1.54) is 6.07 Å².